The Balaban J connectivity index is 0.000000417. The van der Waals surface area contributed by atoms with Crippen LogP contribution in [0.15, 0.2) is 133 Å². The Hall–Kier alpha value is -4.89. The van der Waals surface area contributed by atoms with Crippen LogP contribution in [0.4, 0.5) is 8.78 Å². The Kier molecular flexibility index (Phi) is 20.3. The lowest BCUT2D eigenvalue weighted by Gasteiger charge is -2.43. The molecule has 310 valence electrons. The number of benzene rings is 4. The number of hydrogen-bond acceptors (Lipinski definition) is 7. The fraction of sp³-hybridized carbons (Fsp3) is 0.354. The van der Waals surface area contributed by atoms with Crippen LogP contribution in [-0.4, -0.2) is 58.8 Å². The third-order valence-electron chi connectivity index (χ3n) is 9.25. The number of hydrogen-bond donors (Lipinski definition) is 1. The van der Waals surface area contributed by atoms with Gasteiger partial charge in [-0.05, 0) is 89.6 Å². The Labute approximate surface area is 344 Å². The molecule has 3 atom stereocenters. The van der Waals surface area contributed by atoms with Gasteiger partial charge < -0.3 is 28.5 Å². The summed E-state index contributed by atoms with van der Waals surface area (Å²) in [5.74, 6) is 5.69. The summed E-state index contributed by atoms with van der Waals surface area (Å²) in [5, 5.41) is 12.5. The third-order valence-corrected chi connectivity index (χ3v) is 14.3. The van der Waals surface area contributed by atoms with Crippen molar-refractivity contribution in [2.45, 2.75) is 90.4 Å². The Bertz CT molecular complexity index is 1860. The van der Waals surface area contributed by atoms with Gasteiger partial charge >= 0.3 is 0 Å². The second kappa shape index (κ2) is 24.8. The maximum atomic E-state index is 14.5. The molecule has 10 heteroatoms. The highest BCUT2D eigenvalue weighted by Gasteiger charge is 2.49. The minimum Gasteiger partial charge on any atom is -0.497 e. The van der Waals surface area contributed by atoms with Crippen LogP contribution in [0.1, 0.15) is 65.0 Å². The fourth-order valence-corrected chi connectivity index (χ4v) is 10.6. The zero-order valence-corrected chi connectivity index (χ0v) is 35.8. The van der Waals surface area contributed by atoms with Crippen molar-refractivity contribution in [3.05, 3.63) is 144 Å². The number of ether oxygens (including phenoxy) is 4. The third kappa shape index (κ3) is 15.5. The van der Waals surface area contributed by atoms with E-state index in [0.717, 1.165) is 22.6 Å². The van der Waals surface area contributed by atoms with E-state index in [1.165, 1.54) is 22.5 Å². The molecule has 0 aliphatic rings. The van der Waals surface area contributed by atoms with Crippen LogP contribution >= 0.6 is 0 Å². The summed E-state index contributed by atoms with van der Waals surface area (Å²) in [7, 11) is 0.589. The molecular weight excluding hydrogens is 755 g/mol. The van der Waals surface area contributed by atoms with E-state index in [2.05, 4.69) is 56.9 Å². The van der Waals surface area contributed by atoms with E-state index in [1.807, 2.05) is 98.8 Å². The molecule has 0 aliphatic carbocycles. The number of carbonyl (C=O) groups is 1. The van der Waals surface area contributed by atoms with Crippen molar-refractivity contribution in [2.24, 2.45) is 0 Å². The molecule has 0 spiro atoms. The molecule has 58 heavy (non-hydrogen) atoms. The molecule has 0 bridgehead atoms. The van der Waals surface area contributed by atoms with Crippen LogP contribution in [0.5, 0.6) is 11.5 Å². The molecule has 0 saturated heterocycles. The SMILES string of the molecule is COc1ccc(CO[C@H](C)C/C=C(/F)C(O)C#CCCO[Si](c2ccccc2)(c2ccccc2)C(C)(C)C)cc1.COc1ccc(CO[C@H](C)C/C=C(/F)C=O)cc1. The molecule has 0 amide bonds. The first-order chi connectivity index (χ1) is 27.8. The maximum absolute atomic E-state index is 14.5. The predicted molar refractivity (Wildman–Crippen MR) is 230 cm³/mol. The number of methoxy groups -OCH3 is 2. The molecule has 0 radical (unpaired) electrons. The number of aliphatic hydroxyl groups excluding tert-OH is 1. The van der Waals surface area contributed by atoms with E-state index < -0.39 is 26.1 Å². The fourth-order valence-electron chi connectivity index (χ4n) is 6.03. The average Bonchev–Trinajstić information content (AvgIpc) is 3.25. The highest BCUT2D eigenvalue weighted by molar-refractivity contribution is 6.99. The van der Waals surface area contributed by atoms with Crippen LogP contribution < -0.4 is 19.8 Å². The zero-order chi connectivity index (χ0) is 42.4. The molecule has 0 aromatic heterocycles. The first-order valence-corrected chi connectivity index (χ1v) is 21.3. The average molecular weight is 813 g/mol. The standard InChI is InChI=1S/C34H41FO4Si.C14H17FO3/c1-27(38-26-28-20-22-29(37-5)23-21-28)19-24-32(35)33(36)18-12-13-25-39-40(34(2,3)4,30-14-8-6-9-15-30)31-16-10-7-11-17-31;1-11(3-6-13(15)9-16)18-10-12-4-7-14(17-2)8-5-12/h6-11,14-17,20-24,27,33,36H,13,19,25-26H2,1-5H3;4-9,11H,3,10H2,1-2H3/b32-24+;13-6+/t27-,33?;11-/m11/s1. The van der Waals surface area contributed by atoms with Crippen molar-refractivity contribution >= 4 is 25.0 Å². The molecule has 0 aliphatic heterocycles. The van der Waals surface area contributed by atoms with Gasteiger partial charge in [0.1, 0.15) is 17.3 Å². The van der Waals surface area contributed by atoms with E-state index in [4.69, 9.17) is 23.4 Å². The number of carbonyl (C=O) groups excluding carboxylic acids is 1. The minimum atomic E-state index is -2.65. The lowest BCUT2D eigenvalue weighted by Crippen LogP contribution is -2.66. The van der Waals surface area contributed by atoms with Crippen molar-refractivity contribution in [2.75, 3.05) is 20.8 Å². The molecule has 7 nitrogen and oxygen atoms in total. The molecule has 0 fully saturated rings. The van der Waals surface area contributed by atoms with Gasteiger partial charge in [0.05, 0.1) is 39.6 Å². The highest BCUT2D eigenvalue weighted by Crippen LogP contribution is 2.36. The van der Waals surface area contributed by atoms with E-state index in [-0.39, 0.29) is 23.5 Å². The Morgan fingerprint density at radius 2 is 1.17 bits per heavy atom. The lowest BCUT2D eigenvalue weighted by molar-refractivity contribution is -0.106. The van der Waals surface area contributed by atoms with E-state index in [9.17, 15) is 18.7 Å². The molecule has 4 aromatic rings. The number of aliphatic hydroxyl groups is 1. The molecule has 1 unspecified atom stereocenters. The summed E-state index contributed by atoms with van der Waals surface area (Å²) in [6.07, 6.45) is 2.03. The molecule has 4 aromatic carbocycles. The summed E-state index contributed by atoms with van der Waals surface area (Å²) >= 11 is 0. The van der Waals surface area contributed by atoms with Crippen molar-refractivity contribution < 1.29 is 42.1 Å². The Morgan fingerprint density at radius 1 is 0.724 bits per heavy atom. The largest absolute Gasteiger partial charge is 0.497 e. The van der Waals surface area contributed by atoms with E-state index in [1.54, 1.807) is 14.2 Å². The van der Waals surface area contributed by atoms with Gasteiger partial charge in [0.25, 0.3) is 8.32 Å². The van der Waals surface area contributed by atoms with Gasteiger partial charge in [-0.3, -0.25) is 4.79 Å². The molecule has 4 rings (SSSR count). The van der Waals surface area contributed by atoms with Crippen molar-refractivity contribution in [1.29, 1.82) is 0 Å². The topological polar surface area (TPSA) is 83.5 Å². The van der Waals surface area contributed by atoms with Crippen LogP contribution in [0, 0.1) is 11.8 Å². The molecule has 0 saturated carbocycles. The number of halogens is 2. The summed E-state index contributed by atoms with van der Waals surface area (Å²) in [5.41, 5.74) is 2.02. The van der Waals surface area contributed by atoms with Gasteiger partial charge in [-0.1, -0.05) is 118 Å². The maximum Gasteiger partial charge on any atom is 0.261 e. The van der Waals surface area contributed by atoms with Gasteiger partial charge in [-0.2, -0.15) is 0 Å². The first-order valence-electron chi connectivity index (χ1n) is 19.4. The van der Waals surface area contributed by atoms with Crippen molar-refractivity contribution in [3.8, 4) is 23.3 Å². The molecular formula is C48H58F2O7Si. The van der Waals surface area contributed by atoms with Gasteiger partial charge in [0, 0.05) is 13.0 Å². The monoisotopic (exact) mass is 812 g/mol. The minimum absolute atomic E-state index is 0.135. The quantitative estimate of drug-likeness (QED) is 0.0333. The normalized spacial score (nSPS) is 13.6. The second-order valence-electron chi connectivity index (χ2n) is 14.7. The van der Waals surface area contributed by atoms with Crippen LogP contribution in [0.2, 0.25) is 5.04 Å². The van der Waals surface area contributed by atoms with Crippen LogP contribution in [0.3, 0.4) is 0 Å². The van der Waals surface area contributed by atoms with Gasteiger partial charge in [-0.15, -0.1) is 0 Å². The summed E-state index contributed by atoms with van der Waals surface area (Å²) in [6, 6.07) is 35.9. The zero-order valence-electron chi connectivity index (χ0n) is 34.8. The van der Waals surface area contributed by atoms with Gasteiger partial charge in [0.15, 0.2) is 18.2 Å². The van der Waals surface area contributed by atoms with Gasteiger partial charge in [0.2, 0.25) is 0 Å². The predicted octanol–water partition coefficient (Wildman–Crippen LogP) is 9.22. The second-order valence-corrected chi connectivity index (χ2v) is 19.0. The smallest absolute Gasteiger partial charge is 0.261 e. The molecule has 0 heterocycles. The summed E-state index contributed by atoms with van der Waals surface area (Å²) in [6.45, 7) is 11.6. The molecule has 1 N–H and O–H groups in total. The van der Waals surface area contributed by atoms with Crippen molar-refractivity contribution in [3.63, 3.8) is 0 Å². The van der Waals surface area contributed by atoms with Crippen LogP contribution in [0.25, 0.3) is 0 Å². The first kappa shape index (κ1) is 47.5. The van der Waals surface area contributed by atoms with Crippen LogP contribution in [-0.2, 0) is 31.9 Å². The van der Waals surface area contributed by atoms with Gasteiger partial charge in [-0.25, -0.2) is 8.78 Å². The van der Waals surface area contributed by atoms with Crippen molar-refractivity contribution in [1.82, 2.24) is 0 Å². The lowest BCUT2D eigenvalue weighted by atomic mass is 10.2. The van der Waals surface area contributed by atoms with E-state index >= 15 is 0 Å². The highest BCUT2D eigenvalue weighted by atomic mass is 28.4. The summed E-state index contributed by atoms with van der Waals surface area (Å²) < 4.78 is 55.4. The number of aldehydes is 1. The Morgan fingerprint density at radius 3 is 1.59 bits per heavy atom. The van der Waals surface area contributed by atoms with E-state index in [0.29, 0.717) is 39.1 Å². The number of allylic oxidation sites excluding steroid dienone is 1. The number of rotatable bonds is 19. The summed E-state index contributed by atoms with van der Waals surface area (Å²) in [4.78, 5) is 10.1.